The van der Waals surface area contributed by atoms with Gasteiger partial charge in [-0.1, -0.05) is 42.5 Å². The fraction of sp³-hybridized carbons (Fsp3) is 0.0417. The van der Waals surface area contributed by atoms with Gasteiger partial charge in [0.15, 0.2) is 0 Å². The summed E-state index contributed by atoms with van der Waals surface area (Å²) in [5.74, 6) is 0.745. The van der Waals surface area contributed by atoms with Crippen molar-refractivity contribution in [1.82, 2.24) is 19.9 Å². The van der Waals surface area contributed by atoms with E-state index in [-0.39, 0.29) is 12.3 Å². The Bertz CT molecular complexity index is 1290. The molecule has 2 heterocycles. The lowest BCUT2D eigenvalue weighted by Gasteiger charge is -2.08. The zero-order chi connectivity index (χ0) is 20.3. The summed E-state index contributed by atoms with van der Waals surface area (Å²) in [4.78, 5) is 27.2. The van der Waals surface area contributed by atoms with Crippen molar-refractivity contribution in [3.8, 4) is 22.5 Å². The fourth-order valence-electron chi connectivity index (χ4n) is 3.47. The molecule has 0 fully saturated rings. The maximum Gasteiger partial charge on any atom is 0.230 e. The van der Waals surface area contributed by atoms with Crippen LogP contribution in [-0.2, 0) is 11.2 Å². The molecule has 6 heteroatoms. The highest BCUT2D eigenvalue weighted by molar-refractivity contribution is 5.92. The number of aromatic nitrogens is 4. The monoisotopic (exact) mass is 393 g/mol. The number of anilines is 1. The average Bonchev–Trinajstić information content (AvgIpc) is 3.43. The molecule has 6 nitrogen and oxygen atoms in total. The van der Waals surface area contributed by atoms with Crippen LogP contribution in [0.15, 0.2) is 85.3 Å². The van der Waals surface area contributed by atoms with E-state index in [0.717, 1.165) is 44.9 Å². The number of nitrogens with one attached hydrogen (secondary N) is 3. The predicted octanol–water partition coefficient (Wildman–Crippen LogP) is 4.80. The minimum Gasteiger partial charge on any atom is -0.348 e. The van der Waals surface area contributed by atoms with Crippen LogP contribution < -0.4 is 5.32 Å². The van der Waals surface area contributed by atoms with E-state index in [0.29, 0.717) is 0 Å². The number of H-pyrrole nitrogens is 2. The molecule has 2 aromatic heterocycles. The van der Waals surface area contributed by atoms with Gasteiger partial charge in [-0.05, 0) is 41.5 Å². The summed E-state index contributed by atoms with van der Waals surface area (Å²) in [5, 5.41) is 2.95. The largest absolute Gasteiger partial charge is 0.348 e. The SMILES string of the molecule is O=C(Cc1cnc[nH]1)Nc1cccc(-c2cccc(-c3nc4ccccc4[nH]3)c2)c1. The number of rotatable bonds is 5. The molecule has 0 aliphatic heterocycles. The normalized spacial score (nSPS) is 10.9. The maximum absolute atomic E-state index is 12.3. The first kappa shape index (κ1) is 17.9. The van der Waals surface area contributed by atoms with Crippen molar-refractivity contribution in [1.29, 1.82) is 0 Å². The van der Waals surface area contributed by atoms with Crippen LogP contribution in [0.25, 0.3) is 33.5 Å². The highest BCUT2D eigenvalue weighted by Crippen LogP contribution is 2.28. The Morgan fingerprint density at radius 2 is 1.70 bits per heavy atom. The molecule has 3 N–H and O–H groups in total. The molecule has 0 spiro atoms. The van der Waals surface area contributed by atoms with Crippen LogP contribution >= 0.6 is 0 Å². The van der Waals surface area contributed by atoms with Crippen molar-refractivity contribution >= 4 is 22.6 Å². The first-order chi connectivity index (χ1) is 14.7. The highest BCUT2D eigenvalue weighted by atomic mass is 16.1. The van der Waals surface area contributed by atoms with Gasteiger partial charge in [0.25, 0.3) is 0 Å². The van der Waals surface area contributed by atoms with Gasteiger partial charge in [0.2, 0.25) is 5.91 Å². The minimum atomic E-state index is -0.0903. The molecule has 0 aliphatic carbocycles. The molecule has 0 saturated carbocycles. The van der Waals surface area contributed by atoms with Crippen LogP contribution in [0.3, 0.4) is 0 Å². The van der Waals surface area contributed by atoms with Gasteiger partial charge < -0.3 is 15.3 Å². The van der Waals surface area contributed by atoms with Gasteiger partial charge in [-0.25, -0.2) is 9.97 Å². The number of para-hydroxylation sites is 2. The van der Waals surface area contributed by atoms with Gasteiger partial charge in [0.1, 0.15) is 5.82 Å². The Morgan fingerprint density at radius 3 is 2.53 bits per heavy atom. The number of nitrogens with zero attached hydrogens (tertiary/aromatic N) is 2. The van der Waals surface area contributed by atoms with Gasteiger partial charge in [-0.15, -0.1) is 0 Å². The smallest absolute Gasteiger partial charge is 0.230 e. The number of hydrogen-bond donors (Lipinski definition) is 3. The second kappa shape index (κ2) is 7.67. The Hall–Kier alpha value is -4.19. The van der Waals surface area contributed by atoms with Gasteiger partial charge in [-0.2, -0.15) is 0 Å². The van der Waals surface area contributed by atoms with Gasteiger partial charge in [0, 0.05) is 23.1 Å². The molecular weight excluding hydrogens is 374 g/mol. The zero-order valence-electron chi connectivity index (χ0n) is 16.1. The molecule has 5 aromatic rings. The highest BCUT2D eigenvalue weighted by Gasteiger charge is 2.09. The lowest BCUT2D eigenvalue weighted by Crippen LogP contribution is -2.14. The molecule has 0 aliphatic rings. The number of benzene rings is 3. The van der Waals surface area contributed by atoms with E-state index in [4.69, 9.17) is 0 Å². The lowest BCUT2D eigenvalue weighted by molar-refractivity contribution is -0.115. The fourth-order valence-corrected chi connectivity index (χ4v) is 3.47. The molecule has 0 unspecified atom stereocenters. The molecule has 3 aromatic carbocycles. The Labute approximate surface area is 173 Å². The van der Waals surface area contributed by atoms with E-state index in [9.17, 15) is 4.79 Å². The van der Waals surface area contributed by atoms with E-state index < -0.39 is 0 Å². The van der Waals surface area contributed by atoms with E-state index in [1.165, 1.54) is 0 Å². The lowest BCUT2D eigenvalue weighted by atomic mass is 10.0. The molecule has 0 bridgehead atoms. The minimum absolute atomic E-state index is 0.0903. The second-order valence-corrected chi connectivity index (χ2v) is 7.07. The van der Waals surface area contributed by atoms with E-state index in [1.54, 1.807) is 12.5 Å². The van der Waals surface area contributed by atoms with Crippen molar-refractivity contribution in [2.24, 2.45) is 0 Å². The Balaban J connectivity index is 1.40. The zero-order valence-corrected chi connectivity index (χ0v) is 16.1. The van der Waals surface area contributed by atoms with Crippen molar-refractivity contribution in [2.45, 2.75) is 6.42 Å². The third-order valence-corrected chi connectivity index (χ3v) is 4.91. The van der Waals surface area contributed by atoms with E-state index >= 15 is 0 Å². The first-order valence-electron chi connectivity index (χ1n) is 9.67. The van der Waals surface area contributed by atoms with Gasteiger partial charge in [-0.3, -0.25) is 4.79 Å². The van der Waals surface area contributed by atoms with Gasteiger partial charge >= 0.3 is 0 Å². The Kier molecular flexibility index (Phi) is 4.57. The second-order valence-electron chi connectivity index (χ2n) is 7.07. The molecule has 1 amide bonds. The number of imidazole rings is 2. The van der Waals surface area contributed by atoms with Crippen LogP contribution in [0.1, 0.15) is 5.69 Å². The summed E-state index contributed by atoms with van der Waals surface area (Å²) < 4.78 is 0. The van der Waals surface area contributed by atoms with Crippen molar-refractivity contribution in [3.63, 3.8) is 0 Å². The number of amides is 1. The number of hydrogen-bond acceptors (Lipinski definition) is 3. The molecule has 30 heavy (non-hydrogen) atoms. The van der Waals surface area contributed by atoms with Crippen molar-refractivity contribution in [2.75, 3.05) is 5.32 Å². The summed E-state index contributed by atoms with van der Waals surface area (Å²) >= 11 is 0. The van der Waals surface area contributed by atoms with Gasteiger partial charge in [0.05, 0.1) is 23.8 Å². The van der Waals surface area contributed by atoms with Crippen LogP contribution in [0, 0.1) is 0 Å². The number of carbonyl (C=O) groups is 1. The molecule has 146 valence electrons. The van der Waals surface area contributed by atoms with Crippen LogP contribution in [-0.4, -0.2) is 25.8 Å². The summed E-state index contributed by atoms with van der Waals surface area (Å²) in [5.41, 5.74) is 6.58. The average molecular weight is 393 g/mol. The maximum atomic E-state index is 12.3. The molecule has 0 saturated heterocycles. The number of aromatic amines is 2. The predicted molar refractivity (Wildman–Crippen MR) is 118 cm³/mol. The van der Waals surface area contributed by atoms with E-state index in [1.807, 2.05) is 60.7 Å². The summed E-state index contributed by atoms with van der Waals surface area (Å²) in [6.45, 7) is 0. The number of carbonyl (C=O) groups excluding carboxylic acids is 1. The summed E-state index contributed by atoms with van der Waals surface area (Å²) in [6.07, 6.45) is 3.48. The first-order valence-corrected chi connectivity index (χ1v) is 9.67. The van der Waals surface area contributed by atoms with E-state index in [2.05, 4.69) is 37.4 Å². The molecule has 0 radical (unpaired) electrons. The van der Waals surface area contributed by atoms with Crippen LogP contribution in [0.2, 0.25) is 0 Å². The standard InChI is InChI=1S/C24H19N5O/c30-23(13-20-14-25-15-26-20)27-19-8-4-6-17(12-19)16-5-3-7-18(11-16)24-28-21-9-1-2-10-22(21)29-24/h1-12,14-15H,13H2,(H,25,26)(H,27,30)(H,28,29). The summed E-state index contributed by atoms with van der Waals surface area (Å²) in [7, 11) is 0. The third kappa shape index (κ3) is 3.71. The van der Waals surface area contributed by atoms with Crippen LogP contribution in [0.4, 0.5) is 5.69 Å². The Morgan fingerprint density at radius 1 is 0.900 bits per heavy atom. The number of fused-ring (bicyclic) bond motifs is 1. The quantitative estimate of drug-likeness (QED) is 0.401. The van der Waals surface area contributed by atoms with Crippen molar-refractivity contribution in [3.05, 3.63) is 91.0 Å². The molecule has 0 atom stereocenters. The van der Waals surface area contributed by atoms with Crippen molar-refractivity contribution < 1.29 is 4.79 Å². The molecular formula is C24H19N5O. The summed E-state index contributed by atoms with van der Waals surface area (Å²) in [6, 6.07) is 24.0. The third-order valence-electron chi connectivity index (χ3n) is 4.91. The topological polar surface area (TPSA) is 86.5 Å². The molecule has 5 rings (SSSR count). The van der Waals surface area contributed by atoms with Crippen LogP contribution in [0.5, 0.6) is 0 Å².